The minimum atomic E-state index is 0. The molecule has 0 saturated heterocycles. The van der Waals surface area contributed by atoms with Gasteiger partial charge in [-0.25, -0.2) is 0 Å². The molecule has 23 heavy (non-hydrogen) atoms. The molecular weight excluding hydrogens is 427 g/mol. The van der Waals surface area contributed by atoms with Crippen LogP contribution in [0.2, 0.25) is 5.02 Å². The van der Waals surface area contributed by atoms with E-state index in [9.17, 15) is 0 Å². The molecule has 8 heteroatoms. The van der Waals surface area contributed by atoms with Crippen molar-refractivity contribution in [3.05, 3.63) is 40.9 Å². The molecular formula is C15H24ClIN6. The Hall–Kier alpha value is -1.22. The van der Waals surface area contributed by atoms with Crippen LogP contribution in [0.4, 0.5) is 0 Å². The highest BCUT2D eigenvalue weighted by atomic mass is 127. The van der Waals surface area contributed by atoms with Gasteiger partial charge in [-0.15, -0.1) is 24.0 Å². The van der Waals surface area contributed by atoms with Gasteiger partial charge in [0.2, 0.25) is 0 Å². The highest BCUT2D eigenvalue weighted by molar-refractivity contribution is 14.0. The molecule has 0 spiro atoms. The molecule has 0 amide bonds. The van der Waals surface area contributed by atoms with E-state index in [0.717, 1.165) is 36.2 Å². The second kappa shape index (κ2) is 9.17. The normalized spacial score (nSPS) is 11.3. The van der Waals surface area contributed by atoms with Gasteiger partial charge in [-0.3, -0.25) is 9.67 Å². The van der Waals surface area contributed by atoms with Gasteiger partial charge in [0.25, 0.3) is 0 Å². The van der Waals surface area contributed by atoms with Gasteiger partial charge in [-0.05, 0) is 18.1 Å². The van der Waals surface area contributed by atoms with Crippen molar-refractivity contribution in [1.82, 2.24) is 24.6 Å². The summed E-state index contributed by atoms with van der Waals surface area (Å²) in [6.07, 6.45) is 6.74. The van der Waals surface area contributed by atoms with Crippen molar-refractivity contribution in [2.24, 2.45) is 19.1 Å². The lowest BCUT2D eigenvalue weighted by Gasteiger charge is -2.22. The lowest BCUT2D eigenvalue weighted by Crippen LogP contribution is -2.39. The van der Waals surface area contributed by atoms with Crippen LogP contribution >= 0.6 is 35.6 Å². The monoisotopic (exact) mass is 450 g/mol. The molecule has 0 aliphatic heterocycles. The van der Waals surface area contributed by atoms with Crippen molar-refractivity contribution in [3.63, 3.8) is 0 Å². The summed E-state index contributed by atoms with van der Waals surface area (Å²) in [6.45, 7) is 1.56. The fourth-order valence-electron chi connectivity index (χ4n) is 2.35. The number of nitrogens with one attached hydrogen (secondary N) is 1. The van der Waals surface area contributed by atoms with Crippen LogP contribution in [0.15, 0.2) is 29.6 Å². The maximum Gasteiger partial charge on any atom is 0.193 e. The first-order valence-corrected chi connectivity index (χ1v) is 7.57. The van der Waals surface area contributed by atoms with Crippen LogP contribution in [0.1, 0.15) is 11.3 Å². The Labute approximate surface area is 159 Å². The summed E-state index contributed by atoms with van der Waals surface area (Å²) in [4.78, 5) is 6.40. The van der Waals surface area contributed by atoms with Gasteiger partial charge in [-0.1, -0.05) is 11.6 Å². The van der Waals surface area contributed by atoms with E-state index >= 15 is 0 Å². The number of aliphatic imine (C=N–C) groups is 1. The molecule has 0 aromatic carbocycles. The summed E-state index contributed by atoms with van der Waals surface area (Å²) < 4.78 is 3.84. The lowest BCUT2D eigenvalue weighted by atomic mass is 10.2. The second-order valence-corrected chi connectivity index (χ2v) is 5.80. The van der Waals surface area contributed by atoms with Crippen LogP contribution in [-0.4, -0.2) is 45.8 Å². The number of rotatable bonds is 5. The van der Waals surface area contributed by atoms with Crippen molar-refractivity contribution < 1.29 is 0 Å². The highest BCUT2D eigenvalue weighted by Gasteiger charge is 2.09. The summed E-state index contributed by atoms with van der Waals surface area (Å²) in [7, 11) is 7.73. The average Bonchev–Trinajstić information content (AvgIpc) is 3.01. The molecule has 0 atom stereocenters. The largest absolute Gasteiger partial charge is 0.356 e. The second-order valence-electron chi connectivity index (χ2n) is 5.36. The van der Waals surface area contributed by atoms with Crippen LogP contribution in [0, 0.1) is 0 Å². The number of hydrogen-bond donors (Lipinski definition) is 1. The number of nitrogens with zero attached hydrogens (tertiary/aromatic N) is 5. The molecule has 0 radical (unpaired) electrons. The molecule has 0 fully saturated rings. The van der Waals surface area contributed by atoms with E-state index in [1.165, 1.54) is 5.56 Å². The molecule has 0 aliphatic carbocycles. The van der Waals surface area contributed by atoms with E-state index in [0.29, 0.717) is 0 Å². The Morgan fingerprint density at radius 2 is 2.13 bits per heavy atom. The molecule has 0 bridgehead atoms. The molecule has 2 aromatic rings. The van der Waals surface area contributed by atoms with Crippen molar-refractivity contribution in [2.75, 3.05) is 20.6 Å². The minimum absolute atomic E-state index is 0. The predicted octanol–water partition coefficient (Wildman–Crippen LogP) is 2.28. The zero-order valence-corrected chi connectivity index (χ0v) is 17.0. The van der Waals surface area contributed by atoms with Crippen molar-refractivity contribution in [2.45, 2.75) is 13.0 Å². The first kappa shape index (κ1) is 19.8. The number of guanidine groups is 1. The summed E-state index contributed by atoms with van der Waals surface area (Å²) in [5.74, 6) is 0.862. The fraction of sp³-hybridized carbons (Fsp3) is 0.467. The number of hydrogen-bond acceptors (Lipinski definition) is 2. The molecule has 1 N–H and O–H groups in total. The van der Waals surface area contributed by atoms with Crippen molar-refractivity contribution >= 4 is 41.5 Å². The quantitative estimate of drug-likeness (QED) is 0.432. The summed E-state index contributed by atoms with van der Waals surface area (Å²) >= 11 is 6.02. The minimum Gasteiger partial charge on any atom is -0.356 e. The van der Waals surface area contributed by atoms with Gasteiger partial charge in [-0.2, -0.15) is 5.10 Å². The first-order valence-electron chi connectivity index (χ1n) is 7.19. The lowest BCUT2D eigenvalue weighted by molar-refractivity contribution is 0.462. The molecule has 128 valence electrons. The van der Waals surface area contributed by atoms with Gasteiger partial charge < -0.3 is 14.8 Å². The third-order valence-electron chi connectivity index (χ3n) is 3.50. The van der Waals surface area contributed by atoms with E-state index in [-0.39, 0.29) is 24.0 Å². The Morgan fingerprint density at radius 1 is 1.39 bits per heavy atom. The van der Waals surface area contributed by atoms with Gasteiger partial charge in [0.15, 0.2) is 5.96 Å². The van der Waals surface area contributed by atoms with Crippen LogP contribution in [0.5, 0.6) is 0 Å². The van der Waals surface area contributed by atoms with Gasteiger partial charge in [0, 0.05) is 52.8 Å². The van der Waals surface area contributed by atoms with E-state index in [1.54, 1.807) is 7.05 Å². The Bertz CT molecular complexity index is 648. The first-order chi connectivity index (χ1) is 10.5. The van der Waals surface area contributed by atoms with E-state index in [2.05, 4.69) is 20.3 Å². The van der Waals surface area contributed by atoms with Crippen LogP contribution in [-0.2, 0) is 27.1 Å². The van der Waals surface area contributed by atoms with Gasteiger partial charge in [0.1, 0.15) is 0 Å². The number of aromatic nitrogens is 3. The Morgan fingerprint density at radius 3 is 2.65 bits per heavy atom. The zero-order chi connectivity index (χ0) is 16.1. The Kier molecular flexibility index (Phi) is 7.90. The summed E-state index contributed by atoms with van der Waals surface area (Å²) in [5, 5.41) is 8.30. The zero-order valence-electron chi connectivity index (χ0n) is 14.0. The van der Waals surface area contributed by atoms with Crippen LogP contribution < -0.4 is 5.32 Å². The average molecular weight is 451 g/mol. The molecule has 6 nitrogen and oxygen atoms in total. The predicted molar refractivity (Wildman–Crippen MR) is 106 cm³/mol. The molecule has 2 aromatic heterocycles. The molecule has 0 unspecified atom stereocenters. The third kappa shape index (κ3) is 5.72. The fourth-order valence-corrected chi connectivity index (χ4v) is 2.62. The third-order valence-corrected chi connectivity index (χ3v) is 3.71. The molecule has 0 saturated carbocycles. The molecule has 2 rings (SSSR count). The SMILES string of the molecule is CN=C(NCCc1cnn(C)c1)N(C)Cc1cc(Cl)cn1C.I. The van der Waals surface area contributed by atoms with Gasteiger partial charge >= 0.3 is 0 Å². The number of halogens is 2. The van der Waals surface area contributed by atoms with Crippen molar-refractivity contribution in [3.8, 4) is 0 Å². The van der Waals surface area contributed by atoms with Gasteiger partial charge in [0.05, 0.1) is 17.8 Å². The maximum atomic E-state index is 6.02. The summed E-state index contributed by atoms with van der Waals surface area (Å²) in [6, 6.07) is 1.97. The van der Waals surface area contributed by atoms with Crippen molar-refractivity contribution in [1.29, 1.82) is 0 Å². The molecule has 0 aliphatic rings. The van der Waals surface area contributed by atoms with Crippen LogP contribution in [0.3, 0.4) is 0 Å². The van der Waals surface area contributed by atoms with E-state index in [1.807, 2.05) is 55.0 Å². The topological polar surface area (TPSA) is 50.4 Å². The Balaban J connectivity index is 0.00000264. The summed E-state index contributed by atoms with van der Waals surface area (Å²) in [5.41, 5.74) is 2.35. The van der Waals surface area contributed by atoms with Crippen LogP contribution in [0.25, 0.3) is 0 Å². The van der Waals surface area contributed by atoms with E-state index in [4.69, 9.17) is 11.6 Å². The van der Waals surface area contributed by atoms with E-state index < -0.39 is 0 Å². The number of aryl methyl sites for hydroxylation is 2. The highest BCUT2D eigenvalue weighted by Crippen LogP contribution is 2.14. The smallest absolute Gasteiger partial charge is 0.193 e. The molecule has 2 heterocycles. The maximum absolute atomic E-state index is 6.02. The standard InChI is InChI=1S/C15H23ClN6.HI/c1-17-15(18-6-5-12-8-19-22(4)9-12)21(3)11-14-7-13(16)10-20(14)2;/h7-10H,5-6,11H2,1-4H3,(H,17,18);1H.